The van der Waals surface area contributed by atoms with Gasteiger partial charge in [0.1, 0.15) is 0 Å². The zero-order valence-corrected chi connectivity index (χ0v) is 10.0. The number of benzene rings is 1. The Labute approximate surface area is 96.6 Å². The highest BCUT2D eigenvalue weighted by molar-refractivity contribution is 5.80. The first kappa shape index (κ1) is 12.5. The molecule has 0 aromatic heterocycles. The molecule has 0 aliphatic carbocycles. The third-order valence-corrected chi connectivity index (χ3v) is 2.50. The van der Waals surface area contributed by atoms with Gasteiger partial charge in [-0.1, -0.05) is 43.7 Å². The van der Waals surface area contributed by atoms with Crippen LogP contribution in [-0.4, -0.2) is 11.1 Å². The van der Waals surface area contributed by atoms with Crippen LogP contribution in [0.2, 0.25) is 0 Å². The van der Waals surface area contributed by atoms with E-state index >= 15 is 0 Å². The van der Waals surface area contributed by atoms with Crippen LogP contribution in [-0.2, 0) is 11.2 Å². The summed E-state index contributed by atoms with van der Waals surface area (Å²) in [6.45, 7) is 6.15. The van der Waals surface area contributed by atoms with E-state index in [0.29, 0.717) is 12.3 Å². The number of carboxylic acids is 1. The van der Waals surface area contributed by atoms with Crippen molar-refractivity contribution in [3.05, 3.63) is 47.0 Å². The Bertz CT molecular complexity index is 386. The van der Waals surface area contributed by atoms with Gasteiger partial charge in [-0.2, -0.15) is 0 Å². The van der Waals surface area contributed by atoms with Crippen LogP contribution in [0.25, 0.3) is 0 Å². The molecule has 1 aromatic rings. The topological polar surface area (TPSA) is 37.3 Å². The SMILES string of the molecule is C/C(=C\C(=O)O)Cc1ccc(C(C)C)cc1. The fraction of sp³-hybridized carbons (Fsp3) is 0.357. The van der Waals surface area contributed by atoms with Gasteiger partial charge in [0.05, 0.1) is 0 Å². The predicted octanol–water partition coefficient (Wildman–Crippen LogP) is 3.38. The number of hydrogen-bond donors (Lipinski definition) is 1. The van der Waals surface area contributed by atoms with Gasteiger partial charge < -0.3 is 5.11 Å². The fourth-order valence-electron chi connectivity index (χ4n) is 1.60. The molecule has 1 N–H and O–H groups in total. The van der Waals surface area contributed by atoms with E-state index in [0.717, 1.165) is 11.1 Å². The number of rotatable bonds is 4. The summed E-state index contributed by atoms with van der Waals surface area (Å²) in [4.78, 5) is 10.5. The van der Waals surface area contributed by atoms with Gasteiger partial charge >= 0.3 is 5.97 Å². The molecular formula is C14H18O2. The van der Waals surface area contributed by atoms with Crippen molar-refractivity contribution in [2.75, 3.05) is 0 Å². The van der Waals surface area contributed by atoms with E-state index in [2.05, 4.69) is 38.1 Å². The van der Waals surface area contributed by atoms with Crippen LogP contribution in [0.15, 0.2) is 35.9 Å². The van der Waals surface area contributed by atoms with Crippen LogP contribution >= 0.6 is 0 Å². The minimum atomic E-state index is -0.878. The third kappa shape index (κ3) is 3.89. The fourth-order valence-corrected chi connectivity index (χ4v) is 1.60. The summed E-state index contributed by atoms with van der Waals surface area (Å²) in [6.07, 6.45) is 1.96. The summed E-state index contributed by atoms with van der Waals surface area (Å²) in [5.74, 6) is -0.346. The predicted molar refractivity (Wildman–Crippen MR) is 65.6 cm³/mol. The Kier molecular flexibility index (Phi) is 4.29. The van der Waals surface area contributed by atoms with Gasteiger partial charge in [-0.05, 0) is 30.4 Å². The van der Waals surface area contributed by atoms with Gasteiger partial charge in [-0.25, -0.2) is 4.79 Å². The number of carbonyl (C=O) groups is 1. The van der Waals surface area contributed by atoms with Crippen LogP contribution in [0.5, 0.6) is 0 Å². The second-order valence-electron chi connectivity index (χ2n) is 4.40. The van der Waals surface area contributed by atoms with Crippen LogP contribution in [0, 0.1) is 0 Å². The molecule has 0 aliphatic heterocycles. The smallest absolute Gasteiger partial charge is 0.328 e. The summed E-state index contributed by atoms with van der Waals surface area (Å²) in [6, 6.07) is 8.34. The van der Waals surface area contributed by atoms with Crippen molar-refractivity contribution in [3.8, 4) is 0 Å². The van der Waals surface area contributed by atoms with Crippen molar-refractivity contribution < 1.29 is 9.90 Å². The lowest BCUT2D eigenvalue weighted by Crippen LogP contribution is -1.94. The molecule has 0 saturated heterocycles. The molecule has 0 unspecified atom stereocenters. The Morgan fingerprint density at radius 2 is 1.88 bits per heavy atom. The van der Waals surface area contributed by atoms with Gasteiger partial charge in [0.2, 0.25) is 0 Å². The van der Waals surface area contributed by atoms with Crippen molar-refractivity contribution in [2.45, 2.75) is 33.1 Å². The molecule has 16 heavy (non-hydrogen) atoms. The van der Waals surface area contributed by atoms with Crippen LogP contribution in [0.4, 0.5) is 0 Å². The Morgan fingerprint density at radius 3 is 2.31 bits per heavy atom. The van der Waals surface area contributed by atoms with E-state index < -0.39 is 5.97 Å². The van der Waals surface area contributed by atoms with Crippen molar-refractivity contribution in [1.82, 2.24) is 0 Å². The summed E-state index contributed by atoms with van der Waals surface area (Å²) >= 11 is 0. The molecule has 0 atom stereocenters. The van der Waals surface area contributed by atoms with E-state index in [1.807, 2.05) is 6.92 Å². The first-order chi connectivity index (χ1) is 7.49. The maximum absolute atomic E-state index is 10.5. The monoisotopic (exact) mass is 218 g/mol. The lowest BCUT2D eigenvalue weighted by atomic mass is 9.99. The summed E-state index contributed by atoms with van der Waals surface area (Å²) in [7, 11) is 0. The number of aliphatic carboxylic acids is 1. The van der Waals surface area contributed by atoms with E-state index in [9.17, 15) is 4.79 Å². The van der Waals surface area contributed by atoms with E-state index in [-0.39, 0.29) is 0 Å². The minimum absolute atomic E-state index is 0.532. The number of hydrogen-bond acceptors (Lipinski definition) is 1. The molecule has 0 aliphatic rings. The van der Waals surface area contributed by atoms with Crippen molar-refractivity contribution in [1.29, 1.82) is 0 Å². The van der Waals surface area contributed by atoms with Gasteiger partial charge in [0, 0.05) is 6.08 Å². The summed E-state index contributed by atoms with van der Waals surface area (Å²) in [5.41, 5.74) is 3.33. The van der Waals surface area contributed by atoms with Gasteiger partial charge in [-0.3, -0.25) is 0 Å². The lowest BCUT2D eigenvalue weighted by molar-refractivity contribution is -0.131. The van der Waals surface area contributed by atoms with E-state index in [1.54, 1.807) is 0 Å². The molecule has 2 nitrogen and oxygen atoms in total. The molecule has 0 heterocycles. The van der Waals surface area contributed by atoms with Crippen LogP contribution in [0.1, 0.15) is 37.8 Å². The molecular weight excluding hydrogens is 200 g/mol. The average Bonchev–Trinajstić information content (AvgIpc) is 2.16. The van der Waals surface area contributed by atoms with Crippen molar-refractivity contribution in [2.24, 2.45) is 0 Å². The number of carboxylic acid groups (broad SMARTS) is 1. The normalized spacial score (nSPS) is 11.9. The van der Waals surface area contributed by atoms with Gasteiger partial charge in [0.15, 0.2) is 0 Å². The lowest BCUT2D eigenvalue weighted by Gasteiger charge is -2.06. The molecule has 0 amide bonds. The first-order valence-electron chi connectivity index (χ1n) is 5.48. The van der Waals surface area contributed by atoms with Crippen LogP contribution in [0.3, 0.4) is 0 Å². The largest absolute Gasteiger partial charge is 0.478 e. The van der Waals surface area contributed by atoms with E-state index in [4.69, 9.17) is 5.11 Å². The van der Waals surface area contributed by atoms with Crippen LogP contribution < -0.4 is 0 Å². The van der Waals surface area contributed by atoms with Gasteiger partial charge in [0.25, 0.3) is 0 Å². The zero-order chi connectivity index (χ0) is 12.1. The molecule has 0 radical (unpaired) electrons. The van der Waals surface area contributed by atoms with E-state index in [1.165, 1.54) is 11.6 Å². The second kappa shape index (κ2) is 5.50. The third-order valence-electron chi connectivity index (χ3n) is 2.50. The first-order valence-corrected chi connectivity index (χ1v) is 5.48. The molecule has 86 valence electrons. The van der Waals surface area contributed by atoms with Gasteiger partial charge in [-0.15, -0.1) is 0 Å². The molecule has 0 spiro atoms. The maximum atomic E-state index is 10.5. The van der Waals surface area contributed by atoms with Crippen molar-refractivity contribution >= 4 is 5.97 Å². The van der Waals surface area contributed by atoms with Crippen molar-refractivity contribution in [3.63, 3.8) is 0 Å². The maximum Gasteiger partial charge on any atom is 0.328 e. The highest BCUT2D eigenvalue weighted by Gasteiger charge is 2.00. The standard InChI is InChI=1S/C14H18O2/c1-10(2)13-6-4-12(5-7-13)8-11(3)9-14(15)16/h4-7,9-10H,8H2,1-3H3,(H,15,16)/b11-9+. The summed E-state index contributed by atoms with van der Waals surface area (Å²) in [5, 5.41) is 8.60. The molecule has 0 bridgehead atoms. The second-order valence-corrected chi connectivity index (χ2v) is 4.40. The molecule has 1 rings (SSSR count). The highest BCUT2D eigenvalue weighted by Crippen LogP contribution is 2.16. The quantitative estimate of drug-likeness (QED) is 0.786. The molecule has 1 aromatic carbocycles. The Morgan fingerprint density at radius 1 is 1.31 bits per heavy atom. The summed E-state index contributed by atoms with van der Waals surface area (Å²) < 4.78 is 0. The Balaban J connectivity index is 2.72. The number of allylic oxidation sites excluding steroid dienone is 1. The molecule has 0 fully saturated rings. The Hall–Kier alpha value is -1.57. The minimum Gasteiger partial charge on any atom is -0.478 e. The molecule has 0 saturated carbocycles. The molecule has 2 heteroatoms. The highest BCUT2D eigenvalue weighted by atomic mass is 16.4. The zero-order valence-electron chi connectivity index (χ0n) is 10.0. The average molecular weight is 218 g/mol.